The molecule has 1 saturated heterocycles. The molecule has 2 aliphatic rings. The van der Waals surface area contributed by atoms with E-state index in [1.807, 2.05) is 7.11 Å². The third-order valence-electron chi connectivity index (χ3n) is 3.77. The number of nitrogens with zero attached hydrogens (tertiary/aromatic N) is 1. The van der Waals surface area contributed by atoms with Crippen molar-refractivity contribution in [3.8, 4) is 0 Å². The van der Waals surface area contributed by atoms with Gasteiger partial charge in [0, 0.05) is 32.8 Å². The molecule has 0 aromatic rings. The third kappa shape index (κ3) is 4.04. The fourth-order valence-corrected chi connectivity index (χ4v) is 2.49. The molecule has 3 heteroatoms. The number of methoxy groups -OCH3 is 1. The number of likely N-dealkylation sites (tertiary alicyclic amines) is 1. The fourth-order valence-electron chi connectivity index (χ4n) is 2.49. The van der Waals surface area contributed by atoms with Gasteiger partial charge in [-0.25, -0.2) is 0 Å². The van der Waals surface area contributed by atoms with Gasteiger partial charge in [-0.3, -0.25) is 0 Å². The van der Waals surface area contributed by atoms with Crippen molar-refractivity contribution in [2.75, 3.05) is 33.3 Å². The van der Waals surface area contributed by atoms with Crippen LogP contribution in [-0.2, 0) is 4.74 Å². The largest absolute Gasteiger partial charge is 0.381 e. The van der Waals surface area contributed by atoms with Crippen molar-refractivity contribution in [1.29, 1.82) is 0 Å². The van der Waals surface area contributed by atoms with Crippen LogP contribution in [0.25, 0.3) is 0 Å². The molecular formula is C13H26N2O. The highest BCUT2D eigenvalue weighted by molar-refractivity contribution is 4.82. The van der Waals surface area contributed by atoms with Gasteiger partial charge in [0.2, 0.25) is 0 Å². The standard InChI is InChI=1S/C13H26N2O/c1-11(9-14-12-3-4-12)10-15-7-5-13(16-2)6-8-15/h11-14H,3-10H2,1-2H3. The lowest BCUT2D eigenvalue weighted by Gasteiger charge is -2.32. The topological polar surface area (TPSA) is 24.5 Å². The predicted molar refractivity (Wildman–Crippen MR) is 66.7 cm³/mol. The van der Waals surface area contributed by atoms with E-state index in [1.54, 1.807) is 0 Å². The molecule has 94 valence electrons. The van der Waals surface area contributed by atoms with E-state index < -0.39 is 0 Å². The molecule has 1 aliphatic carbocycles. The molecular weight excluding hydrogens is 200 g/mol. The highest BCUT2D eigenvalue weighted by Crippen LogP contribution is 2.19. The van der Waals surface area contributed by atoms with Gasteiger partial charge in [0.25, 0.3) is 0 Å². The highest BCUT2D eigenvalue weighted by atomic mass is 16.5. The van der Waals surface area contributed by atoms with Gasteiger partial charge in [0.1, 0.15) is 0 Å². The molecule has 1 heterocycles. The van der Waals surface area contributed by atoms with E-state index in [0.29, 0.717) is 6.10 Å². The van der Waals surface area contributed by atoms with Crippen LogP contribution in [0, 0.1) is 5.92 Å². The number of piperidine rings is 1. The van der Waals surface area contributed by atoms with Crippen LogP contribution in [0.3, 0.4) is 0 Å². The molecule has 2 fully saturated rings. The number of hydrogen-bond acceptors (Lipinski definition) is 3. The zero-order valence-electron chi connectivity index (χ0n) is 10.7. The third-order valence-corrected chi connectivity index (χ3v) is 3.77. The maximum Gasteiger partial charge on any atom is 0.0595 e. The van der Waals surface area contributed by atoms with E-state index in [0.717, 1.165) is 12.0 Å². The molecule has 16 heavy (non-hydrogen) atoms. The van der Waals surface area contributed by atoms with E-state index in [2.05, 4.69) is 17.1 Å². The van der Waals surface area contributed by atoms with Gasteiger partial charge >= 0.3 is 0 Å². The zero-order valence-corrected chi connectivity index (χ0v) is 10.7. The minimum Gasteiger partial charge on any atom is -0.381 e. The molecule has 1 N–H and O–H groups in total. The average Bonchev–Trinajstić information content (AvgIpc) is 3.11. The summed E-state index contributed by atoms with van der Waals surface area (Å²) < 4.78 is 5.39. The van der Waals surface area contributed by atoms with Gasteiger partial charge in [-0.15, -0.1) is 0 Å². The van der Waals surface area contributed by atoms with Gasteiger partial charge in [0.05, 0.1) is 6.10 Å². The molecule has 1 aliphatic heterocycles. The Hall–Kier alpha value is -0.120. The van der Waals surface area contributed by atoms with Crippen molar-refractivity contribution < 1.29 is 4.74 Å². The normalized spacial score (nSPS) is 25.9. The van der Waals surface area contributed by atoms with Crippen LogP contribution in [0.5, 0.6) is 0 Å². The molecule has 0 bridgehead atoms. The molecule has 1 saturated carbocycles. The van der Waals surface area contributed by atoms with Crippen LogP contribution in [-0.4, -0.2) is 50.3 Å². The SMILES string of the molecule is COC1CCN(CC(C)CNC2CC2)CC1. The van der Waals surface area contributed by atoms with Crippen molar-refractivity contribution in [2.24, 2.45) is 5.92 Å². The summed E-state index contributed by atoms with van der Waals surface area (Å²) in [6.45, 7) is 7.22. The monoisotopic (exact) mass is 226 g/mol. The van der Waals surface area contributed by atoms with Gasteiger partial charge in [-0.1, -0.05) is 6.92 Å². The molecule has 2 rings (SSSR count). The summed E-state index contributed by atoms with van der Waals surface area (Å²) in [5, 5.41) is 3.61. The Morgan fingerprint density at radius 1 is 1.25 bits per heavy atom. The molecule has 3 nitrogen and oxygen atoms in total. The Morgan fingerprint density at radius 2 is 1.94 bits per heavy atom. The number of hydrogen-bond donors (Lipinski definition) is 1. The molecule has 1 unspecified atom stereocenters. The summed E-state index contributed by atoms with van der Waals surface area (Å²) in [6, 6.07) is 0.849. The molecule has 0 aromatic carbocycles. The first-order valence-corrected chi connectivity index (χ1v) is 6.76. The van der Waals surface area contributed by atoms with Crippen LogP contribution in [0.4, 0.5) is 0 Å². The van der Waals surface area contributed by atoms with Crippen LogP contribution >= 0.6 is 0 Å². The Morgan fingerprint density at radius 3 is 2.50 bits per heavy atom. The van der Waals surface area contributed by atoms with Crippen LogP contribution < -0.4 is 5.32 Å². The van der Waals surface area contributed by atoms with Gasteiger partial charge < -0.3 is 15.0 Å². The molecule has 0 aromatic heterocycles. The van der Waals surface area contributed by atoms with E-state index >= 15 is 0 Å². The summed E-state index contributed by atoms with van der Waals surface area (Å²) >= 11 is 0. The van der Waals surface area contributed by atoms with Crippen LogP contribution in [0.15, 0.2) is 0 Å². The first kappa shape index (κ1) is 12.3. The Kier molecular flexibility index (Phi) is 4.62. The van der Waals surface area contributed by atoms with Crippen LogP contribution in [0.1, 0.15) is 32.6 Å². The lowest BCUT2D eigenvalue weighted by molar-refractivity contribution is 0.0373. The van der Waals surface area contributed by atoms with Gasteiger partial charge in [-0.05, 0) is 38.1 Å². The lowest BCUT2D eigenvalue weighted by atomic mass is 10.1. The smallest absolute Gasteiger partial charge is 0.0595 e. The van der Waals surface area contributed by atoms with E-state index in [4.69, 9.17) is 4.74 Å². The van der Waals surface area contributed by atoms with Crippen molar-refractivity contribution in [1.82, 2.24) is 10.2 Å². The number of nitrogens with one attached hydrogen (secondary N) is 1. The highest BCUT2D eigenvalue weighted by Gasteiger charge is 2.23. The summed E-state index contributed by atoms with van der Waals surface area (Å²) in [5.41, 5.74) is 0. The average molecular weight is 226 g/mol. The van der Waals surface area contributed by atoms with Crippen molar-refractivity contribution in [3.63, 3.8) is 0 Å². The molecule has 0 amide bonds. The maximum atomic E-state index is 5.39. The molecule has 0 spiro atoms. The Balaban J connectivity index is 1.57. The summed E-state index contributed by atoms with van der Waals surface area (Å²) in [6.07, 6.45) is 5.72. The molecule has 1 atom stereocenters. The van der Waals surface area contributed by atoms with E-state index in [-0.39, 0.29) is 0 Å². The quantitative estimate of drug-likeness (QED) is 0.742. The summed E-state index contributed by atoms with van der Waals surface area (Å²) in [7, 11) is 1.84. The van der Waals surface area contributed by atoms with Gasteiger partial charge in [-0.2, -0.15) is 0 Å². The predicted octanol–water partition coefficient (Wildman–Crippen LogP) is 1.49. The Labute approximate surface area is 99.5 Å². The maximum absolute atomic E-state index is 5.39. The van der Waals surface area contributed by atoms with Crippen LogP contribution in [0.2, 0.25) is 0 Å². The number of rotatable bonds is 6. The Bertz CT molecular complexity index is 198. The minimum absolute atomic E-state index is 0.510. The van der Waals surface area contributed by atoms with Crippen molar-refractivity contribution in [3.05, 3.63) is 0 Å². The van der Waals surface area contributed by atoms with Crippen molar-refractivity contribution >= 4 is 0 Å². The zero-order chi connectivity index (χ0) is 11.4. The molecule has 0 radical (unpaired) electrons. The summed E-state index contributed by atoms with van der Waals surface area (Å²) in [4.78, 5) is 2.59. The second kappa shape index (κ2) is 5.99. The van der Waals surface area contributed by atoms with E-state index in [1.165, 1.54) is 51.9 Å². The first-order valence-electron chi connectivity index (χ1n) is 6.76. The second-order valence-electron chi connectivity index (χ2n) is 5.52. The second-order valence-corrected chi connectivity index (χ2v) is 5.52. The summed E-state index contributed by atoms with van der Waals surface area (Å²) in [5.74, 6) is 0.777. The first-order chi connectivity index (χ1) is 7.78. The minimum atomic E-state index is 0.510. The lowest BCUT2D eigenvalue weighted by Crippen LogP contribution is -2.40. The van der Waals surface area contributed by atoms with Gasteiger partial charge in [0.15, 0.2) is 0 Å². The van der Waals surface area contributed by atoms with Crippen molar-refractivity contribution in [2.45, 2.75) is 44.8 Å². The van der Waals surface area contributed by atoms with E-state index in [9.17, 15) is 0 Å². The number of ether oxygens (including phenoxy) is 1. The fraction of sp³-hybridized carbons (Fsp3) is 1.00.